The minimum absolute atomic E-state index is 0.340. The van der Waals surface area contributed by atoms with Crippen LogP contribution < -0.4 is 5.11 Å². The van der Waals surface area contributed by atoms with Gasteiger partial charge in [0.2, 0.25) is 0 Å². The molecule has 0 aliphatic heterocycles. The summed E-state index contributed by atoms with van der Waals surface area (Å²) >= 11 is 0. The minimum atomic E-state index is -1.00. The third-order valence-electron chi connectivity index (χ3n) is 0.592. The molecule has 0 amide bonds. The number of hydrogen-bond acceptors (Lipinski definition) is 1. The van der Waals surface area contributed by atoms with E-state index in [1.807, 2.05) is 0 Å². The average Bonchev–Trinajstić information content (AvgIpc) is 1.31. The molecule has 1 heteroatoms. The van der Waals surface area contributed by atoms with Crippen LogP contribution in [0, 0.1) is 26.2 Å². The summed E-state index contributed by atoms with van der Waals surface area (Å²) in [7, 11) is 0. The summed E-state index contributed by atoms with van der Waals surface area (Å²) in [4.78, 5) is 0. The summed E-state index contributed by atoms with van der Waals surface area (Å²) < 4.78 is 0. The Kier molecular flexibility index (Phi) is 1.27. The molecule has 0 bridgehead atoms. The van der Waals surface area contributed by atoms with Crippen molar-refractivity contribution in [3.8, 4) is 0 Å². The number of rotatable bonds is 1. The first-order valence-corrected chi connectivity index (χ1v) is 1.87. The molecule has 0 spiro atoms. The third-order valence-corrected chi connectivity index (χ3v) is 0.592. The quantitative estimate of drug-likeness (QED) is 0.341. The summed E-state index contributed by atoms with van der Waals surface area (Å²) in [6, 6.07) is 0. The lowest BCUT2D eigenvalue weighted by atomic mass is 9.95. The van der Waals surface area contributed by atoms with Crippen LogP contribution in [0.15, 0.2) is 12.3 Å². The molecule has 0 aromatic rings. The molecular weight excluding hydrogens is 88.1 g/mol. The normalized spacial score (nSPS) is 11.0. The van der Waals surface area contributed by atoms with Gasteiger partial charge in [0.05, 0.1) is 13.8 Å². The van der Waals surface area contributed by atoms with Crippen molar-refractivity contribution in [2.75, 3.05) is 0 Å². The Balaban J connectivity index is 3.79. The molecule has 1 nitrogen and oxygen atoms in total. The van der Waals surface area contributed by atoms with Gasteiger partial charge in [-0.2, -0.15) is 0 Å². The van der Waals surface area contributed by atoms with Gasteiger partial charge in [-0.25, -0.2) is 6.92 Å². The first kappa shape index (κ1) is 6.28. The second-order valence-electron chi connectivity index (χ2n) is 1.70. The van der Waals surface area contributed by atoms with Crippen LogP contribution in [0.2, 0.25) is 0 Å². The Morgan fingerprint density at radius 1 is 1.71 bits per heavy atom. The SMILES string of the molecule is C=C([O-])C([CH2+])([CH2+])[CH2-]. The van der Waals surface area contributed by atoms with Gasteiger partial charge < -0.3 is 5.11 Å². The Labute approximate surface area is 44.7 Å². The highest BCUT2D eigenvalue weighted by Crippen LogP contribution is 2.15. The zero-order valence-electron chi connectivity index (χ0n) is 4.24. The van der Waals surface area contributed by atoms with Crippen LogP contribution in [0.25, 0.3) is 0 Å². The van der Waals surface area contributed by atoms with Crippen molar-refractivity contribution in [1.29, 1.82) is 0 Å². The van der Waals surface area contributed by atoms with Crippen molar-refractivity contribution in [3.05, 3.63) is 33.1 Å². The van der Waals surface area contributed by atoms with Crippen molar-refractivity contribution >= 4 is 0 Å². The van der Waals surface area contributed by atoms with Crippen LogP contribution in [0.5, 0.6) is 0 Å². The maximum absolute atomic E-state index is 10.2. The Bertz CT molecular complexity index is 76.7. The minimum Gasteiger partial charge on any atom is -0.872 e. The van der Waals surface area contributed by atoms with Gasteiger partial charge in [-0.3, -0.25) is 0 Å². The first-order valence-electron chi connectivity index (χ1n) is 1.87. The molecule has 0 aromatic heterocycles. The molecule has 0 atom stereocenters. The lowest BCUT2D eigenvalue weighted by Crippen LogP contribution is -2.19. The van der Waals surface area contributed by atoms with Gasteiger partial charge in [-0.05, 0) is 0 Å². The standard InChI is InChI=1S/C6H8O/c1-5(7)6(2,3)4/h1-4H2. The molecule has 0 N–H and O–H groups in total. The smallest absolute Gasteiger partial charge is 0.129 e. The van der Waals surface area contributed by atoms with Gasteiger partial charge in [0, 0.05) is 0 Å². The second kappa shape index (κ2) is 1.41. The fourth-order valence-corrected chi connectivity index (χ4v) is 0. The van der Waals surface area contributed by atoms with Crippen LogP contribution in [-0.2, 0) is 0 Å². The van der Waals surface area contributed by atoms with Crippen molar-refractivity contribution in [3.63, 3.8) is 0 Å². The summed E-state index contributed by atoms with van der Waals surface area (Å²) in [5, 5.41) is 10.2. The van der Waals surface area contributed by atoms with E-state index in [-0.39, 0.29) is 5.76 Å². The lowest BCUT2D eigenvalue weighted by molar-refractivity contribution is -0.315. The maximum Gasteiger partial charge on any atom is 0.129 e. The zero-order valence-corrected chi connectivity index (χ0v) is 4.24. The van der Waals surface area contributed by atoms with E-state index in [0.29, 0.717) is 0 Å². The van der Waals surface area contributed by atoms with Crippen LogP contribution in [0.4, 0.5) is 0 Å². The Hall–Kier alpha value is -0.720. The highest BCUT2D eigenvalue weighted by atomic mass is 16.3. The van der Waals surface area contributed by atoms with E-state index in [4.69, 9.17) is 0 Å². The maximum atomic E-state index is 10.2. The molecule has 0 radical (unpaired) electrons. The molecule has 0 saturated heterocycles. The Morgan fingerprint density at radius 3 is 1.86 bits per heavy atom. The fraction of sp³-hybridized carbons (Fsp3) is 0.167. The molecule has 0 fully saturated rings. The highest BCUT2D eigenvalue weighted by molar-refractivity contribution is 5.06. The van der Waals surface area contributed by atoms with Crippen LogP contribution in [0.1, 0.15) is 0 Å². The van der Waals surface area contributed by atoms with E-state index in [9.17, 15) is 5.11 Å². The van der Waals surface area contributed by atoms with E-state index in [0.717, 1.165) is 0 Å². The van der Waals surface area contributed by atoms with E-state index in [1.54, 1.807) is 0 Å². The summed E-state index contributed by atoms with van der Waals surface area (Å²) in [5.74, 6) is -0.340. The molecule has 0 aromatic carbocycles. The van der Waals surface area contributed by atoms with E-state index < -0.39 is 5.41 Å². The third kappa shape index (κ3) is 2.04. The summed E-state index contributed by atoms with van der Waals surface area (Å²) in [6.07, 6.45) is 0. The molecule has 38 valence electrons. The number of allylic oxidation sites excluding steroid dienone is 1. The van der Waals surface area contributed by atoms with Crippen molar-refractivity contribution in [2.45, 2.75) is 0 Å². The van der Waals surface area contributed by atoms with Crippen molar-refractivity contribution < 1.29 is 5.11 Å². The molecule has 7 heavy (non-hydrogen) atoms. The Morgan fingerprint density at radius 2 is 1.86 bits per heavy atom. The highest BCUT2D eigenvalue weighted by Gasteiger charge is 2.13. The summed E-state index contributed by atoms with van der Waals surface area (Å²) in [5.41, 5.74) is -1.00. The van der Waals surface area contributed by atoms with Crippen LogP contribution in [-0.4, -0.2) is 0 Å². The monoisotopic (exact) mass is 96.1 g/mol. The second-order valence-corrected chi connectivity index (χ2v) is 1.70. The first-order chi connectivity index (χ1) is 2.94. The largest absolute Gasteiger partial charge is 0.872 e. The van der Waals surface area contributed by atoms with Gasteiger partial charge in [0.15, 0.2) is 0 Å². The van der Waals surface area contributed by atoms with Crippen LogP contribution in [0.3, 0.4) is 0 Å². The summed E-state index contributed by atoms with van der Waals surface area (Å²) in [6.45, 7) is 13.1. The van der Waals surface area contributed by atoms with E-state index in [1.165, 1.54) is 0 Å². The van der Waals surface area contributed by atoms with E-state index in [2.05, 4.69) is 27.4 Å². The van der Waals surface area contributed by atoms with Gasteiger partial charge >= 0.3 is 0 Å². The molecule has 0 heterocycles. The molecule has 0 aliphatic carbocycles. The zero-order chi connectivity index (χ0) is 6.08. The van der Waals surface area contributed by atoms with Gasteiger partial charge in [0.25, 0.3) is 0 Å². The van der Waals surface area contributed by atoms with E-state index >= 15 is 0 Å². The van der Waals surface area contributed by atoms with Gasteiger partial charge in [-0.15, -0.1) is 6.58 Å². The molecular formula is C6H8O. The van der Waals surface area contributed by atoms with Crippen LogP contribution >= 0.6 is 0 Å². The van der Waals surface area contributed by atoms with Gasteiger partial charge in [0.1, 0.15) is 5.41 Å². The fourth-order valence-electron chi connectivity index (χ4n) is 0. The predicted molar refractivity (Wildman–Crippen MR) is 27.6 cm³/mol. The molecule has 0 rings (SSSR count). The predicted octanol–water partition coefficient (Wildman–Crippen LogP) is 0.349. The lowest BCUT2D eigenvalue weighted by Gasteiger charge is -2.18. The van der Waals surface area contributed by atoms with Crippen molar-refractivity contribution in [2.24, 2.45) is 5.41 Å². The van der Waals surface area contributed by atoms with Crippen molar-refractivity contribution in [1.82, 2.24) is 0 Å². The average molecular weight is 96.1 g/mol. The molecule has 0 unspecified atom stereocenters. The molecule has 0 aliphatic rings. The number of hydrogen-bond donors (Lipinski definition) is 0. The van der Waals surface area contributed by atoms with Gasteiger partial charge in [-0.1, -0.05) is 5.76 Å². The molecule has 0 saturated carbocycles. The topological polar surface area (TPSA) is 23.1 Å².